The van der Waals surface area contributed by atoms with E-state index >= 15 is 4.39 Å². The van der Waals surface area contributed by atoms with Crippen molar-refractivity contribution < 1.29 is 31.8 Å². The van der Waals surface area contributed by atoms with E-state index in [0.29, 0.717) is 39.3 Å². The van der Waals surface area contributed by atoms with E-state index in [-0.39, 0.29) is 11.5 Å². The summed E-state index contributed by atoms with van der Waals surface area (Å²) in [6, 6.07) is 27.0. The van der Waals surface area contributed by atoms with Gasteiger partial charge in [0.1, 0.15) is 22.9 Å². The van der Waals surface area contributed by atoms with Crippen LogP contribution in [0.25, 0.3) is 0 Å². The van der Waals surface area contributed by atoms with E-state index in [9.17, 15) is 13.2 Å². The highest BCUT2D eigenvalue weighted by atomic mass is 19.4. The first kappa shape index (κ1) is 34.8. The Morgan fingerprint density at radius 2 is 1.35 bits per heavy atom. The minimum absolute atomic E-state index is 0.0776. The summed E-state index contributed by atoms with van der Waals surface area (Å²) in [6.45, 7) is 1.45. The van der Waals surface area contributed by atoms with Crippen LogP contribution in [0.2, 0.25) is 0 Å². The van der Waals surface area contributed by atoms with Gasteiger partial charge >= 0.3 is 6.18 Å². The van der Waals surface area contributed by atoms with Crippen molar-refractivity contribution in [3.63, 3.8) is 0 Å². The number of hydrogen-bond donors (Lipinski definition) is 2. The monoisotopic (exact) mass is 695 g/mol. The average Bonchev–Trinajstić information content (AvgIpc) is 3.14. The molecule has 0 spiro atoms. The Bertz CT molecular complexity index is 2030. The largest absolute Gasteiger partial charge is 0.497 e. The molecule has 51 heavy (non-hydrogen) atoms. The quantitative estimate of drug-likeness (QED) is 0.106. The van der Waals surface area contributed by atoms with E-state index in [1.165, 1.54) is 45.7 Å². The predicted molar refractivity (Wildman–Crippen MR) is 185 cm³/mol. The zero-order chi connectivity index (χ0) is 36.2. The van der Waals surface area contributed by atoms with Crippen LogP contribution in [0.1, 0.15) is 46.7 Å². The van der Waals surface area contributed by atoms with Gasteiger partial charge in [0, 0.05) is 29.9 Å². The number of alkyl halides is 3. The smallest absolute Gasteiger partial charge is 0.425 e. The van der Waals surface area contributed by atoms with Crippen LogP contribution < -0.4 is 20.5 Å². The van der Waals surface area contributed by atoms with Gasteiger partial charge in [-0.1, -0.05) is 66.4 Å². The fourth-order valence-electron chi connectivity index (χ4n) is 6.05. The lowest BCUT2D eigenvalue weighted by atomic mass is 9.77. The highest BCUT2D eigenvalue weighted by molar-refractivity contribution is 5.79. The Morgan fingerprint density at radius 3 is 1.90 bits per heavy atom. The molecule has 0 aliphatic carbocycles. The van der Waals surface area contributed by atoms with Crippen molar-refractivity contribution in [3.8, 4) is 23.3 Å². The lowest BCUT2D eigenvalue weighted by molar-refractivity contribution is -0.209. The van der Waals surface area contributed by atoms with Gasteiger partial charge in [0.2, 0.25) is 5.95 Å². The van der Waals surface area contributed by atoms with E-state index in [0.717, 1.165) is 6.07 Å². The SMILES string of the molecule is COc1ccc(C(NC2=N[C@](C)(c3cc(C#Cc4cnc(N)nc4)ccc3F)C[C@@H](C(F)(F)F)O2)(c2ccccc2)c2ccc(OC)cc2)cc1. The van der Waals surface area contributed by atoms with E-state index in [1.807, 2.05) is 30.3 Å². The van der Waals surface area contributed by atoms with Crippen LogP contribution in [0.3, 0.4) is 0 Å². The summed E-state index contributed by atoms with van der Waals surface area (Å²) in [4.78, 5) is 12.5. The molecule has 0 unspecified atom stereocenters. The van der Waals surface area contributed by atoms with E-state index < -0.39 is 41.6 Å². The summed E-state index contributed by atoms with van der Waals surface area (Å²) in [6.07, 6.45) is -4.97. The van der Waals surface area contributed by atoms with Crippen molar-refractivity contribution in [2.75, 3.05) is 20.0 Å². The van der Waals surface area contributed by atoms with Crippen LogP contribution in [0.5, 0.6) is 11.5 Å². The Kier molecular flexibility index (Phi) is 9.56. The number of nitrogens with zero attached hydrogens (tertiary/aromatic N) is 3. The minimum Gasteiger partial charge on any atom is -0.497 e. The van der Waals surface area contributed by atoms with Gasteiger partial charge in [-0.15, -0.1) is 0 Å². The Morgan fingerprint density at radius 1 is 0.804 bits per heavy atom. The lowest BCUT2D eigenvalue weighted by Crippen LogP contribution is -2.54. The number of rotatable bonds is 7. The van der Waals surface area contributed by atoms with Crippen molar-refractivity contribution in [2.45, 2.75) is 36.7 Å². The number of ether oxygens (including phenoxy) is 3. The highest BCUT2D eigenvalue weighted by Gasteiger charge is 2.51. The fraction of sp³-hybridized carbons (Fsp3) is 0.205. The predicted octanol–water partition coefficient (Wildman–Crippen LogP) is 7.12. The Balaban J connectivity index is 1.53. The Hall–Kier alpha value is -6.09. The normalized spacial score (nSPS) is 17.3. The number of methoxy groups -OCH3 is 2. The second kappa shape index (κ2) is 14.0. The first-order valence-corrected chi connectivity index (χ1v) is 15.8. The number of nitrogens with two attached hydrogens (primary N) is 1. The van der Waals surface area contributed by atoms with Crippen molar-refractivity contribution >= 4 is 12.0 Å². The maximum atomic E-state index is 15.7. The van der Waals surface area contributed by atoms with Crippen LogP contribution in [-0.4, -0.2) is 42.5 Å². The zero-order valence-corrected chi connectivity index (χ0v) is 27.8. The van der Waals surface area contributed by atoms with Gasteiger partial charge in [0.25, 0.3) is 6.02 Å². The number of aliphatic imine (C=N–C) groups is 1. The van der Waals surface area contributed by atoms with Gasteiger partial charge in [0.15, 0.2) is 6.10 Å². The number of aromatic nitrogens is 2. The molecule has 0 saturated carbocycles. The van der Waals surface area contributed by atoms with E-state index in [1.54, 1.807) is 48.5 Å². The summed E-state index contributed by atoms with van der Waals surface area (Å²) in [5.74, 6) is 6.26. The standard InChI is InChI=1S/C39H33F4N5O3/c1-37(32-21-25(11-20-33(32)40)9-10-26-23-45-35(44)46-24-26)22-34(39(41,42)43)51-36(47-37)48-38(27-7-5-4-6-8-27,28-12-16-30(49-2)17-13-28)29-14-18-31(50-3)19-15-29/h4-8,11-21,23-24,34H,22H2,1-3H3,(H,47,48)(H2,44,45,46)/t34-,37-/m0/s1. The summed E-state index contributed by atoms with van der Waals surface area (Å²) in [5.41, 5.74) is 5.10. The maximum Gasteiger partial charge on any atom is 0.425 e. The Labute approximate surface area is 292 Å². The van der Waals surface area contributed by atoms with Gasteiger partial charge < -0.3 is 25.3 Å². The van der Waals surface area contributed by atoms with Gasteiger partial charge in [-0.3, -0.25) is 0 Å². The van der Waals surface area contributed by atoms with Crippen molar-refractivity contribution in [2.24, 2.45) is 4.99 Å². The molecule has 1 aliphatic rings. The first-order chi connectivity index (χ1) is 24.4. The van der Waals surface area contributed by atoms with Gasteiger partial charge in [-0.25, -0.2) is 19.4 Å². The van der Waals surface area contributed by atoms with Crippen molar-refractivity contribution in [1.29, 1.82) is 0 Å². The third kappa shape index (κ3) is 7.28. The molecule has 1 aromatic heterocycles. The van der Waals surface area contributed by atoms with Gasteiger partial charge in [-0.05, 0) is 66.1 Å². The maximum absolute atomic E-state index is 15.7. The molecule has 6 rings (SSSR count). The highest BCUT2D eigenvalue weighted by Crippen LogP contribution is 2.44. The summed E-state index contributed by atoms with van der Waals surface area (Å²) < 4.78 is 76.2. The van der Waals surface area contributed by atoms with Crippen LogP contribution in [0.15, 0.2) is 114 Å². The zero-order valence-electron chi connectivity index (χ0n) is 27.8. The summed E-state index contributed by atoms with van der Waals surface area (Å²) in [5, 5.41) is 3.28. The fourth-order valence-corrected chi connectivity index (χ4v) is 6.05. The topological polar surface area (TPSA) is 104 Å². The van der Waals surface area contributed by atoms with E-state index in [2.05, 4.69) is 27.1 Å². The minimum atomic E-state index is -4.82. The molecule has 2 atom stereocenters. The lowest BCUT2D eigenvalue weighted by Gasteiger charge is -2.42. The molecule has 0 radical (unpaired) electrons. The molecular weight excluding hydrogens is 662 g/mol. The summed E-state index contributed by atoms with van der Waals surface area (Å²) in [7, 11) is 3.08. The third-order valence-electron chi connectivity index (χ3n) is 8.67. The molecule has 4 aromatic carbocycles. The van der Waals surface area contributed by atoms with Crippen molar-refractivity contribution in [1.82, 2.24) is 15.3 Å². The second-order valence-electron chi connectivity index (χ2n) is 12.0. The summed E-state index contributed by atoms with van der Waals surface area (Å²) >= 11 is 0. The van der Waals surface area contributed by atoms with Crippen LogP contribution >= 0.6 is 0 Å². The number of nitrogen functional groups attached to an aromatic ring is 1. The average molecular weight is 696 g/mol. The molecule has 3 N–H and O–H groups in total. The number of benzene rings is 4. The molecule has 0 fully saturated rings. The van der Waals surface area contributed by atoms with Crippen LogP contribution in [0, 0.1) is 17.7 Å². The van der Waals surface area contributed by atoms with Gasteiger partial charge in [0.05, 0.1) is 25.3 Å². The van der Waals surface area contributed by atoms with Crippen molar-refractivity contribution in [3.05, 3.63) is 149 Å². The molecule has 8 nitrogen and oxygen atoms in total. The molecule has 2 heterocycles. The molecule has 5 aromatic rings. The van der Waals surface area contributed by atoms with Gasteiger partial charge in [-0.2, -0.15) is 13.2 Å². The molecule has 0 saturated heterocycles. The van der Waals surface area contributed by atoms with Crippen LogP contribution in [-0.2, 0) is 15.8 Å². The number of nitrogens with one attached hydrogen (secondary N) is 1. The third-order valence-corrected chi connectivity index (χ3v) is 8.67. The molecule has 12 heteroatoms. The molecular formula is C39H33F4N5O3. The first-order valence-electron chi connectivity index (χ1n) is 15.8. The second-order valence-corrected chi connectivity index (χ2v) is 12.0. The number of amidine groups is 1. The van der Waals surface area contributed by atoms with E-state index in [4.69, 9.17) is 24.9 Å². The molecule has 1 aliphatic heterocycles. The number of halogens is 4. The molecule has 260 valence electrons. The molecule has 0 bridgehead atoms. The number of hydrogen-bond acceptors (Lipinski definition) is 8. The molecule has 0 amide bonds. The van der Waals surface area contributed by atoms with Crippen LogP contribution in [0.4, 0.5) is 23.5 Å². The number of anilines is 1.